The molecule has 0 rings (SSSR count). The van der Waals surface area contributed by atoms with Crippen LogP contribution in [-0.4, -0.2) is 37.4 Å². The first-order valence-electron chi connectivity index (χ1n) is 20.3. The van der Waals surface area contributed by atoms with Crippen molar-refractivity contribution in [1.29, 1.82) is 0 Å². The molecular formula is C40H81NO3. The second-order valence-corrected chi connectivity index (χ2v) is 13.8. The number of nitrogens with one attached hydrogen (secondary N) is 1. The van der Waals surface area contributed by atoms with E-state index in [0.29, 0.717) is 13.2 Å². The lowest BCUT2D eigenvalue weighted by molar-refractivity contribution is -0.138. The van der Waals surface area contributed by atoms with Crippen LogP contribution in [0.3, 0.4) is 0 Å². The molecule has 2 N–H and O–H groups in total. The van der Waals surface area contributed by atoms with Crippen molar-refractivity contribution in [2.24, 2.45) is 0 Å². The Labute approximate surface area is 277 Å². The molecule has 0 aliphatic heterocycles. The predicted molar refractivity (Wildman–Crippen MR) is 194 cm³/mol. The largest absolute Gasteiger partial charge is 0.481 e. The Morgan fingerprint density at radius 1 is 0.409 bits per heavy atom. The first-order chi connectivity index (χ1) is 21.8. The second kappa shape index (κ2) is 40.4. The van der Waals surface area contributed by atoms with E-state index in [1.54, 1.807) is 0 Å². The minimum Gasteiger partial charge on any atom is -0.481 e. The summed E-state index contributed by atoms with van der Waals surface area (Å²) >= 11 is 0. The van der Waals surface area contributed by atoms with Gasteiger partial charge in [0, 0.05) is 6.61 Å². The SMILES string of the molecule is CCNCCCCCCCCCCCCCCCCCCCCCCCCCCCCCCCCCCCOCCC(=O)O. The zero-order valence-electron chi connectivity index (χ0n) is 30.1. The van der Waals surface area contributed by atoms with E-state index in [-0.39, 0.29) is 6.42 Å². The van der Waals surface area contributed by atoms with Gasteiger partial charge in [-0.1, -0.05) is 206 Å². The fourth-order valence-corrected chi connectivity index (χ4v) is 6.37. The average molecular weight is 624 g/mol. The fraction of sp³-hybridized carbons (Fsp3) is 0.975. The van der Waals surface area contributed by atoms with Crippen LogP contribution in [0.2, 0.25) is 0 Å². The molecule has 0 unspecified atom stereocenters. The van der Waals surface area contributed by atoms with Crippen LogP contribution < -0.4 is 5.32 Å². The van der Waals surface area contributed by atoms with Gasteiger partial charge in [0.05, 0.1) is 13.0 Å². The van der Waals surface area contributed by atoms with Gasteiger partial charge in [0.1, 0.15) is 0 Å². The van der Waals surface area contributed by atoms with Crippen molar-refractivity contribution < 1.29 is 14.6 Å². The molecule has 4 heteroatoms. The Bertz CT molecular complexity index is 527. The normalized spacial score (nSPS) is 11.5. The molecule has 0 fully saturated rings. The van der Waals surface area contributed by atoms with E-state index in [4.69, 9.17) is 9.84 Å². The molecule has 0 aromatic carbocycles. The molecule has 0 spiro atoms. The molecule has 0 radical (unpaired) electrons. The number of rotatable bonds is 40. The minimum absolute atomic E-state index is 0.124. The molecule has 44 heavy (non-hydrogen) atoms. The van der Waals surface area contributed by atoms with Crippen LogP contribution in [0, 0.1) is 0 Å². The molecule has 0 amide bonds. The number of ether oxygens (including phenoxy) is 1. The Balaban J connectivity index is 3.04. The van der Waals surface area contributed by atoms with E-state index in [2.05, 4.69) is 12.2 Å². The van der Waals surface area contributed by atoms with Crippen LogP contribution in [0.5, 0.6) is 0 Å². The van der Waals surface area contributed by atoms with Crippen molar-refractivity contribution in [2.45, 2.75) is 225 Å². The second-order valence-electron chi connectivity index (χ2n) is 13.8. The molecule has 0 aliphatic rings. The number of hydrogen-bond acceptors (Lipinski definition) is 3. The number of unbranched alkanes of at least 4 members (excludes halogenated alkanes) is 32. The summed E-state index contributed by atoms with van der Waals surface area (Å²) in [6.45, 7) is 5.59. The van der Waals surface area contributed by atoms with E-state index >= 15 is 0 Å². The average Bonchev–Trinajstić information content (AvgIpc) is 3.02. The van der Waals surface area contributed by atoms with Crippen molar-refractivity contribution in [3.8, 4) is 0 Å². The van der Waals surface area contributed by atoms with Gasteiger partial charge in [0.2, 0.25) is 0 Å². The van der Waals surface area contributed by atoms with E-state index in [9.17, 15) is 4.79 Å². The highest BCUT2D eigenvalue weighted by Crippen LogP contribution is 2.17. The molecule has 0 saturated carbocycles. The number of carboxylic acids is 1. The minimum atomic E-state index is -0.772. The maximum absolute atomic E-state index is 10.4. The molecule has 0 heterocycles. The van der Waals surface area contributed by atoms with E-state index in [0.717, 1.165) is 13.0 Å². The highest BCUT2D eigenvalue weighted by molar-refractivity contribution is 5.66. The maximum Gasteiger partial charge on any atom is 0.305 e. The fourth-order valence-electron chi connectivity index (χ4n) is 6.37. The summed E-state index contributed by atoms with van der Waals surface area (Å²) in [5.41, 5.74) is 0. The third-order valence-corrected chi connectivity index (χ3v) is 9.35. The summed E-state index contributed by atoms with van der Waals surface area (Å²) in [7, 11) is 0. The van der Waals surface area contributed by atoms with Gasteiger partial charge in [-0.15, -0.1) is 0 Å². The zero-order chi connectivity index (χ0) is 31.9. The van der Waals surface area contributed by atoms with Gasteiger partial charge in [0.25, 0.3) is 0 Å². The molecule has 0 aromatic rings. The number of carbonyl (C=O) groups is 1. The van der Waals surface area contributed by atoms with E-state index in [1.807, 2.05) is 0 Å². The van der Waals surface area contributed by atoms with Gasteiger partial charge in [0.15, 0.2) is 0 Å². The molecule has 264 valence electrons. The maximum atomic E-state index is 10.4. The molecule has 0 aliphatic carbocycles. The molecule has 4 nitrogen and oxygen atoms in total. The van der Waals surface area contributed by atoms with Gasteiger partial charge in [-0.05, 0) is 25.9 Å². The number of carboxylic acid groups (broad SMARTS) is 1. The van der Waals surface area contributed by atoms with Crippen LogP contribution in [0.1, 0.15) is 225 Å². The Kier molecular flexibility index (Phi) is 39.9. The van der Waals surface area contributed by atoms with Crippen LogP contribution in [0.4, 0.5) is 0 Å². The van der Waals surface area contributed by atoms with Crippen molar-refractivity contribution in [1.82, 2.24) is 5.32 Å². The standard InChI is InChI=1S/C40H81NO3/c1-2-41-37-34-32-30-28-26-24-22-20-18-16-14-12-10-8-6-4-3-5-7-9-11-13-15-17-19-21-23-25-27-29-31-33-35-38-44-39-36-40(42)43/h41H,2-39H2,1H3,(H,42,43). The third kappa shape index (κ3) is 41.4. The Morgan fingerprint density at radius 2 is 0.659 bits per heavy atom. The lowest BCUT2D eigenvalue weighted by Crippen LogP contribution is -2.13. The zero-order valence-corrected chi connectivity index (χ0v) is 30.1. The lowest BCUT2D eigenvalue weighted by Gasteiger charge is -2.05. The molecule has 0 saturated heterocycles. The summed E-state index contributed by atoms with van der Waals surface area (Å²) in [5, 5.41) is 12.0. The Hall–Kier alpha value is -0.610. The van der Waals surface area contributed by atoms with E-state index < -0.39 is 5.97 Å². The van der Waals surface area contributed by atoms with Gasteiger partial charge >= 0.3 is 5.97 Å². The van der Waals surface area contributed by atoms with Gasteiger partial charge in [-0.25, -0.2) is 0 Å². The van der Waals surface area contributed by atoms with Gasteiger partial charge in [-0.3, -0.25) is 4.79 Å². The monoisotopic (exact) mass is 624 g/mol. The molecule has 0 aromatic heterocycles. The molecule has 0 atom stereocenters. The summed E-state index contributed by atoms with van der Waals surface area (Å²) in [4.78, 5) is 10.4. The molecule has 0 bridgehead atoms. The summed E-state index contributed by atoms with van der Waals surface area (Å²) in [5.74, 6) is -0.772. The van der Waals surface area contributed by atoms with Crippen LogP contribution in [0.15, 0.2) is 0 Å². The summed E-state index contributed by atoms with van der Waals surface area (Å²) in [6.07, 6.45) is 47.1. The van der Waals surface area contributed by atoms with Crippen LogP contribution >= 0.6 is 0 Å². The first-order valence-corrected chi connectivity index (χ1v) is 20.3. The molecular weight excluding hydrogens is 542 g/mol. The smallest absolute Gasteiger partial charge is 0.305 e. The Morgan fingerprint density at radius 3 is 0.909 bits per heavy atom. The van der Waals surface area contributed by atoms with Crippen molar-refractivity contribution in [3.05, 3.63) is 0 Å². The summed E-state index contributed by atoms with van der Waals surface area (Å²) < 4.78 is 5.33. The van der Waals surface area contributed by atoms with Crippen LogP contribution in [-0.2, 0) is 9.53 Å². The number of aliphatic carboxylic acids is 1. The quantitative estimate of drug-likeness (QED) is 0.0667. The van der Waals surface area contributed by atoms with Crippen LogP contribution in [0.25, 0.3) is 0 Å². The van der Waals surface area contributed by atoms with E-state index in [1.165, 1.54) is 212 Å². The third-order valence-electron chi connectivity index (χ3n) is 9.35. The van der Waals surface area contributed by atoms with Gasteiger partial charge in [-0.2, -0.15) is 0 Å². The van der Waals surface area contributed by atoms with Gasteiger partial charge < -0.3 is 15.2 Å². The van der Waals surface area contributed by atoms with Crippen molar-refractivity contribution in [3.63, 3.8) is 0 Å². The lowest BCUT2D eigenvalue weighted by atomic mass is 10.0. The van der Waals surface area contributed by atoms with Crippen molar-refractivity contribution in [2.75, 3.05) is 26.3 Å². The first kappa shape index (κ1) is 43.4. The highest BCUT2D eigenvalue weighted by atomic mass is 16.5. The number of hydrogen-bond donors (Lipinski definition) is 2. The predicted octanol–water partition coefficient (Wildman–Crippen LogP) is 13.0. The van der Waals surface area contributed by atoms with Crippen molar-refractivity contribution >= 4 is 5.97 Å². The topological polar surface area (TPSA) is 58.6 Å². The highest BCUT2D eigenvalue weighted by Gasteiger charge is 1.99. The summed E-state index contributed by atoms with van der Waals surface area (Å²) in [6, 6.07) is 0.